The van der Waals surface area contributed by atoms with Gasteiger partial charge in [-0.05, 0) is 29.9 Å². The molecule has 0 saturated carbocycles. The third kappa shape index (κ3) is 4.62. The summed E-state index contributed by atoms with van der Waals surface area (Å²) in [4.78, 5) is 0. The van der Waals surface area contributed by atoms with Gasteiger partial charge in [-0.2, -0.15) is 5.26 Å². The molecule has 0 spiro atoms. The minimum atomic E-state index is 0. The summed E-state index contributed by atoms with van der Waals surface area (Å²) in [7, 11) is 2.69. The molecule has 1 aromatic rings. The standard InChI is InChI=1S/C10H12NPS.H2O/c11-8-13-10(7-12)6-9-4-2-1-3-5-9;/h1-5,10H,6-7,12H2;1H2. The monoisotopic (exact) mass is 227 g/mol. The van der Waals surface area contributed by atoms with Crippen molar-refractivity contribution < 1.29 is 5.48 Å². The van der Waals surface area contributed by atoms with Crippen LogP contribution >= 0.6 is 21.0 Å². The highest BCUT2D eigenvalue weighted by Gasteiger charge is 2.06. The number of hydrogen-bond acceptors (Lipinski definition) is 2. The highest BCUT2D eigenvalue weighted by molar-refractivity contribution is 8.04. The molecule has 14 heavy (non-hydrogen) atoms. The van der Waals surface area contributed by atoms with E-state index in [1.165, 1.54) is 17.3 Å². The van der Waals surface area contributed by atoms with Crippen LogP contribution in [0.4, 0.5) is 0 Å². The van der Waals surface area contributed by atoms with Gasteiger partial charge in [-0.1, -0.05) is 30.3 Å². The van der Waals surface area contributed by atoms with Gasteiger partial charge in [-0.25, -0.2) is 0 Å². The third-order valence-electron chi connectivity index (χ3n) is 1.79. The molecule has 0 aliphatic heterocycles. The van der Waals surface area contributed by atoms with Gasteiger partial charge in [0.15, 0.2) is 0 Å². The van der Waals surface area contributed by atoms with E-state index in [0.29, 0.717) is 5.25 Å². The molecule has 2 nitrogen and oxygen atoms in total. The molecule has 4 heteroatoms. The van der Waals surface area contributed by atoms with Gasteiger partial charge in [-0.15, -0.1) is 9.24 Å². The maximum atomic E-state index is 8.55. The van der Waals surface area contributed by atoms with Crippen molar-refractivity contribution in [3.05, 3.63) is 35.9 Å². The number of rotatable bonds is 4. The second-order valence-corrected chi connectivity index (χ2v) is 4.31. The van der Waals surface area contributed by atoms with E-state index in [9.17, 15) is 0 Å². The Kier molecular flexibility index (Phi) is 7.51. The number of hydrogen-bond donors (Lipinski definition) is 0. The molecule has 76 valence electrons. The van der Waals surface area contributed by atoms with Crippen molar-refractivity contribution in [2.24, 2.45) is 0 Å². The van der Waals surface area contributed by atoms with Gasteiger partial charge >= 0.3 is 0 Å². The molecule has 1 aromatic carbocycles. The zero-order chi connectivity index (χ0) is 9.52. The van der Waals surface area contributed by atoms with Crippen molar-refractivity contribution in [1.82, 2.24) is 0 Å². The SMILES string of the molecule is N#CSC(CP)Cc1ccccc1.O. The molecule has 0 aromatic heterocycles. The normalized spacial score (nSPS) is 11.1. The summed E-state index contributed by atoms with van der Waals surface area (Å²) in [6.45, 7) is 0. The van der Waals surface area contributed by atoms with Crippen molar-refractivity contribution >= 4 is 21.0 Å². The zero-order valence-electron chi connectivity index (χ0n) is 7.81. The molecule has 0 bridgehead atoms. The first-order valence-corrected chi connectivity index (χ1v) is 5.85. The first-order valence-electron chi connectivity index (χ1n) is 4.15. The summed E-state index contributed by atoms with van der Waals surface area (Å²) >= 11 is 1.36. The van der Waals surface area contributed by atoms with Gasteiger partial charge in [0.25, 0.3) is 0 Å². The molecule has 2 unspecified atom stereocenters. The van der Waals surface area contributed by atoms with E-state index in [4.69, 9.17) is 5.26 Å². The zero-order valence-corrected chi connectivity index (χ0v) is 9.78. The summed E-state index contributed by atoms with van der Waals surface area (Å²) in [5.41, 5.74) is 1.30. The van der Waals surface area contributed by atoms with Crippen molar-refractivity contribution in [1.29, 1.82) is 5.26 Å². The molecule has 0 radical (unpaired) electrons. The lowest BCUT2D eigenvalue weighted by molar-refractivity contribution is 0.824. The first-order chi connectivity index (χ1) is 6.36. The number of nitriles is 1. The fraction of sp³-hybridized carbons (Fsp3) is 0.300. The Hall–Kier alpha value is -0.550. The number of nitrogens with zero attached hydrogens (tertiary/aromatic N) is 1. The van der Waals surface area contributed by atoms with E-state index < -0.39 is 0 Å². The average molecular weight is 227 g/mol. The van der Waals surface area contributed by atoms with Gasteiger partial charge in [0.05, 0.1) is 0 Å². The predicted octanol–water partition coefficient (Wildman–Crippen LogP) is 1.86. The van der Waals surface area contributed by atoms with E-state index in [2.05, 4.69) is 26.8 Å². The van der Waals surface area contributed by atoms with Crippen LogP contribution in [0, 0.1) is 10.7 Å². The van der Waals surface area contributed by atoms with E-state index in [-0.39, 0.29) is 5.48 Å². The Balaban J connectivity index is 0.00000169. The lowest BCUT2D eigenvalue weighted by Crippen LogP contribution is -2.07. The second kappa shape index (κ2) is 7.82. The summed E-state index contributed by atoms with van der Waals surface area (Å²) in [6, 6.07) is 10.3. The van der Waals surface area contributed by atoms with Crippen LogP contribution < -0.4 is 0 Å². The lowest BCUT2D eigenvalue weighted by atomic mass is 10.1. The number of thioether (sulfide) groups is 1. The largest absolute Gasteiger partial charge is 0.412 e. The molecule has 0 aliphatic rings. The number of benzene rings is 1. The Labute approximate surface area is 91.2 Å². The highest BCUT2D eigenvalue weighted by atomic mass is 32.2. The maximum Gasteiger partial charge on any atom is 0.133 e. The van der Waals surface area contributed by atoms with Crippen LogP contribution in [0.5, 0.6) is 0 Å². The molecule has 2 N–H and O–H groups in total. The van der Waals surface area contributed by atoms with Crippen LogP contribution in [0.2, 0.25) is 0 Å². The van der Waals surface area contributed by atoms with Gasteiger partial charge in [-0.3, -0.25) is 0 Å². The molecule has 0 heterocycles. The second-order valence-electron chi connectivity index (χ2n) is 2.76. The van der Waals surface area contributed by atoms with Crippen molar-refractivity contribution in [3.63, 3.8) is 0 Å². The van der Waals surface area contributed by atoms with Crippen LogP contribution in [-0.4, -0.2) is 16.9 Å². The molecule has 0 saturated heterocycles. The van der Waals surface area contributed by atoms with Gasteiger partial charge in [0.1, 0.15) is 5.40 Å². The maximum absolute atomic E-state index is 8.55. The Morgan fingerprint density at radius 2 is 2.00 bits per heavy atom. The van der Waals surface area contributed by atoms with Gasteiger partial charge in [0, 0.05) is 5.25 Å². The van der Waals surface area contributed by atoms with E-state index in [1.54, 1.807) is 0 Å². The van der Waals surface area contributed by atoms with E-state index in [1.807, 2.05) is 18.2 Å². The highest BCUT2D eigenvalue weighted by Crippen LogP contribution is 2.17. The van der Waals surface area contributed by atoms with Crippen LogP contribution in [0.25, 0.3) is 0 Å². The molecule has 0 fully saturated rings. The van der Waals surface area contributed by atoms with Crippen molar-refractivity contribution in [2.75, 3.05) is 6.16 Å². The van der Waals surface area contributed by atoms with Crippen molar-refractivity contribution in [2.45, 2.75) is 11.7 Å². The summed E-state index contributed by atoms with van der Waals surface area (Å²) in [5.74, 6) is 0. The molecule has 2 atom stereocenters. The van der Waals surface area contributed by atoms with E-state index in [0.717, 1.165) is 12.6 Å². The first kappa shape index (κ1) is 13.4. The molecule has 0 aliphatic carbocycles. The molecular formula is C10H14NOPS. The average Bonchev–Trinajstić information content (AvgIpc) is 2.19. The summed E-state index contributed by atoms with van der Waals surface area (Å²) in [5, 5.41) is 11.1. The predicted molar refractivity (Wildman–Crippen MR) is 65.3 cm³/mol. The Morgan fingerprint density at radius 3 is 2.50 bits per heavy atom. The smallest absolute Gasteiger partial charge is 0.133 e. The van der Waals surface area contributed by atoms with Gasteiger partial charge in [0.2, 0.25) is 0 Å². The Bertz CT molecular complexity index is 286. The summed E-state index contributed by atoms with van der Waals surface area (Å²) in [6.07, 6.45) is 1.94. The lowest BCUT2D eigenvalue weighted by Gasteiger charge is -2.08. The van der Waals surface area contributed by atoms with Crippen molar-refractivity contribution in [3.8, 4) is 5.40 Å². The molecule has 0 amide bonds. The topological polar surface area (TPSA) is 55.3 Å². The van der Waals surface area contributed by atoms with Gasteiger partial charge < -0.3 is 5.48 Å². The fourth-order valence-corrected chi connectivity index (χ4v) is 2.10. The van der Waals surface area contributed by atoms with Crippen LogP contribution in [0.3, 0.4) is 0 Å². The quantitative estimate of drug-likeness (QED) is 0.582. The minimum absolute atomic E-state index is 0. The summed E-state index contributed by atoms with van der Waals surface area (Å²) < 4.78 is 0. The molecule has 1 rings (SSSR count). The molecular weight excluding hydrogens is 213 g/mol. The van der Waals surface area contributed by atoms with E-state index >= 15 is 0 Å². The third-order valence-corrected chi connectivity index (χ3v) is 3.50. The number of thiocyanates is 1. The van der Waals surface area contributed by atoms with Crippen LogP contribution in [0.1, 0.15) is 5.56 Å². The van der Waals surface area contributed by atoms with Crippen LogP contribution in [-0.2, 0) is 6.42 Å². The van der Waals surface area contributed by atoms with Crippen LogP contribution in [0.15, 0.2) is 30.3 Å². The minimum Gasteiger partial charge on any atom is -0.412 e. The fourth-order valence-electron chi connectivity index (χ4n) is 1.12. The Morgan fingerprint density at radius 1 is 1.36 bits per heavy atom.